The van der Waals surface area contributed by atoms with E-state index in [0.29, 0.717) is 46.0 Å². The van der Waals surface area contributed by atoms with Crippen LogP contribution in [0.1, 0.15) is 24.8 Å². The first-order valence-corrected chi connectivity index (χ1v) is 12.4. The number of thioether (sulfide) groups is 1. The molecule has 1 amide bonds. The highest BCUT2D eigenvalue weighted by atomic mass is 32.2. The molecule has 11 heteroatoms. The Balaban J connectivity index is 1.41. The number of nitrogens with zero attached hydrogens (tertiary/aromatic N) is 5. The fraction of sp³-hybridized carbons (Fsp3) is 0.348. The number of nitrogens with one attached hydrogen (secondary N) is 1. The van der Waals surface area contributed by atoms with E-state index < -0.39 is 0 Å². The predicted molar refractivity (Wildman–Crippen MR) is 136 cm³/mol. The van der Waals surface area contributed by atoms with Crippen molar-refractivity contribution in [2.75, 3.05) is 25.0 Å². The molecule has 0 saturated carbocycles. The summed E-state index contributed by atoms with van der Waals surface area (Å²) in [5.74, 6) is 0.250. The van der Waals surface area contributed by atoms with Crippen LogP contribution in [0.3, 0.4) is 0 Å². The Bertz CT molecular complexity index is 1300. The van der Waals surface area contributed by atoms with E-state index in [0.717, 1.165) is 25.8 Å². The molecule has 0 spiro atoms. The molecule has 3 aromatic heterocycles. The number of thiocarbonyl (C=S) groups is 1. The van der Waals surface area contributed by atoms with Gasteiger partial charge in [-0.3, -0.25) is 18.9 Å². The minimum absolute atomic E-state index is 0.00235. The molecule has 5 heterocycles. The van der Waals surface area contributed by atoms with Crippen LogP contribution in [0, 0.1) is 0 Å². The summed E-state index contributed by atoms with van der Waals surface area (Å²) in [7, 11) is 0. The number of rotatable bonds is 8. The van der Waals surface area contributed by atoms with Crippen molar-refractivity contribution in [2.24, 2.45) is 0 Å². The van der Waals surface area contributed by atoms with Gasteiger partial charge in [0.05, 0.1) is 29.4 Å². The Labute approximate surface area is 205 Å². The van der Waals surface area contributed by atoms with Crippen LogP contribution in [0.25, 0.3) is 11.7 Å². The average molecular weight is 497 g/mol. The number of imidazole rings is 1. The molecule has 1 atom stereocenters. The lowest BCUT2D eigenvalue weighted by Gasteiger charge is -2.18. The van der Waals surface area contributed by atoms with E-state index in [1.165, 1.54) is 16.2 Å². The second-order valence-electron chi connectivity index (χ2n) is 8.12. The average Bonchev–Trinajstić information content (AvgIpc) is 3.59. The van der Waals surface area contributed by atoms with Crippen LogP contribution in [0.4, 0.5) is 5.82 Å². The Morgan fingerprint density at radius 2 is 2.21 bits per heavy atom. The summed E-state index contributed by atoms with van der Waals surface area (Å²) in [5.41, 5.74) is 0.628. The molecule has 2 fully saturated rings. The molecule has 34 heavy (non-hydrogen) atoms. The van der Waals surface area contributed by atoms with E-state index in [-0.39, 0.29) is 17.6 Å². The fourth-order valence-electron chi connectivity index (χ4n) is 4.04. The SMILES string of the molecule is O=C1/C(=C\c2c(NCCCn3ccnc3)nc3ccccn3c2=O)SC(=S)N1C[C@H]1CCCO1. The third kappa shape index (κ3) is 4.77. The lowest BCUT2D eigenvalue weighted by atomic mass is 10.2. The van der Waals surface area contributed by atoms with Crippen LogP contribution in [0.15, 0.2) is 52.8 Å². The summed E-state index contributed by atoms with van der Waals surface area (Å²) in [4.78, 5) is 37.2. The van der Waals surface area contributed by atoms with Crippen LogP contribution in [0.5, 0.6) is 0 Å². The molecule has 5 rings (SSSR count). The number of hydrogen-bond donors (Lipinski definition) is 1. The molecule has 1 N–H and O–H groups in total. The van der Waals surface area contributed by atoms with E-state index in [1.807, 2.05) is 16.8 Å². The number of pyridine rings is 1. The topological polar surface area (TPSA) is 93.8 Å². The first-order chi connectivity index (χ1) is 16.6. The molecule has 0 bridgehead atoms. The standard InChI is InChI=1S/C23H24N6O3S2/c30-21-17(13-18-22(31)29(23(33)34-18)14-16-5-3-12-32-16)20(26-19-6-1-2-10-28(19)21)25-7-4-9-27-11-8-24-15-27/h1-2,6,8,10-11,13,15-16,25H,3-5,7,9,12,14H2/b18-13+/t16-/m1/s1. The van der Waals surface area contributed by atoms with Crippen molar-refractivity contribution in [2.45, 2.75) is 31.9 Å². The molecule has 9 nitrogen and oxygen atoms in total. The minimum Gasteiger partial charge on any atom is -0.376 e. The lowest BCUT2D eigenvalue weighted by Crippen LogP contribution is -2.35. The van der Waals surface area contributed by atoms with Gasteiger partial charge in [0.15, 0.2) is 0 Å². The van der Waals surface area contributed by atoms with Crippen LogP contribution >= 0.6 is 24.0 Å². The molecule has 0 aromatic carbocycles. The van der Waals surface area contributed by atoms with Crippen LogP contribution in [-0.2, 0) is 16.1 Å². The summed E-state index contributed by atoms with van der Waals surface area (Å²) in [6.45, 7) is 2.55. The number of amides is 1. The zero-order valence-electron chi connectivity index (χ0n) is 18.4. The van der Waals surface area contributed by atoms with Crippen molar-refractivity contribution in [1.29, 1.82) is 0 Å². The number of ether oxygens (including phenoxy) is 1. The van der Waals surface area contributed by atoms with Crippen molar-refractivity contribution >= 4 is 51.7 Å². The van der Waals surface area contributed by atoms with E-state index in [1.54, 1.807) is 41.8 Å². The van der Waals surface area contributed by atoms with E-state index in [9.17, 15) is 9.59 Å². The maximum absolute atomic E-state index is 13.3. The highest BCUT2D eigenvalue weighted by Gasteiger charge is 2.35. The molecular weight excluding hydrogens is 472 g/mol. The van der Waals surface area contributed by atoms with Crippen molar-refractivity contribution < 1.29 is 9.53 Å². The van der Waals surface area contributed by atoms with Crippen LogP contribution in [0.2, 0.25) is 0 Å². The van der Waals surface area contributed by atoms with Gasteiger partial charge in [0, 0.05) is 38.3 Å². The number of carbonyl (C=O) groups is 1. The third-order valence-electron chi connectivity index (χ3n) is 5.77. The summed E-state index contributed by atoms with van der Waals surface area (Å²) in [6.07, 6.45) is 11.4. The number of anilines is 1. The van der Waals surface area contributed by atoms with Gasteiger partial charge >= 0.3 is 0 Å². The smallest absolute Gasteiger partial charge is 0.267 e. The maximum atomic E-state index is 13.3. The number of carbonyl (C=O) groups excluding carboxylic acids is 1. The summed E-state index contributed by atoms with van der Waals surface area (Å²) >= 11 is 6.67. The highest BCUT2D eigenvalue weighted by molar-refractivity contribution is 8.26. The molecule has 0 unspecified atom stereocenters. The Hall–Kier alpha value is -3.02. The number of hydrogen-bond acceptors (Lipinski definition) is 8. The van der Waals surface area contributed by atoms with Gasteiger partial charge in [-0.25, -0.2) is 9.97 Å². The number of fused-ring (bicyclic) bond motifs is 1. The first kappa shape index (κ1) is 22.8. The van der Waals surface area contributed by atoms with Crippen LogP contribution < -0.4 is 10.9 Å². The highest BCUT2D eigenvalue weighted by Crippen LogP contribution is 2.34. The van der Waals surface area contributed by atoms with Gasteiger partial charge < -0.3 is 14.6 Å². The number of aryl methyl sites for hydroxylation is 1. The van der Waals surface area contributed by atoms with Gasteiger partial charge in [-0.2, -0.15) is 0 Å². The van der Waals surface area contributed by atoms with Crippen LogP contribution in [-0.4, -0.2) is 59.9 Å². The lowest BCUT2D eigenvalue weighted by molar-refractivity contribution is -0.123. The van der Waals surface area contributed by atoms with E-state index in [2.05, 4.69) is 15.3 Å². The molecule has 0 aliphatic carbocycles. The van der Waals surface area contributed by atoms with Gasteiger partial charge in [0.25, 0.3) is 11.5 Å². The van der Waals surface area contributed by atoms with Crippen molar-refractivity contribution in [1.82, 2.24) is 23.8 Å². The summed E-state index contributed by atoms with van der Waals surface area (Å²) in [6, 6.07) is 5.39. The predicted octanol–water partition coefficient (Wildman–Crippen LogP) is 2.77. The molecular formula is C23H24N6O3S2. The molecule has 2 aliphatic rings. The first-order valence-electron chi connectivity index (χ1n) is 11.2. The molecule has 2 aliphatic heterocycles. The van der Waals surface area contributed by atoms with Gasteiger partial charge in [-0.15, -0.1) is 0 Å². The number of aromatic nitrogens is 4. The van der Waals surface area contributed by atoms with Crippen molar-refractivity contribution in [3.8, 4) is 0 Å². The molecule has 2 saturated heterocycles. The zero-order valence-corrected chi connectivity index (χ0v) is 20.1. The second-order valence-corrected chi connectivity index (χ2v) is 9.79. The fourth-order valence-corrected chi connectivity index (χ4v) is 5.29. The second kappa shape index (κ2) is 10.1. The normalized spacial score (nSPS) is 19.6. The largest absolute Gasteiger partial charge is 0.376 e. The third-order valence-corrected chi connectivity index (χ3v) is 7.15. The summed E-state index contributed by atoms with van der Waals surface area (Å²) in [5, 5.41) is 3.29. The van der Waals surface area contributed by atoms with Crippen molar-refractivity contribution in [3.63, 3.8) is 0 Å². The Morgan fingerprint density at radius 1 is 1.29 bits per heavy atom. The van der Waals surface area contributed by atoms with Gasteiger partial charge in [0.2, 0.25) is 0 Å². The Morgan fingerprint density at radius 3 is 3.00 bits per heavy atom. The maximum Gasteiger partial charge on any atom is 0.267 e. The van der Waals surface area contributed by atoms with Gasteiger partial charge in [-0.1, -0.05) is 30.0 Å². The van der Waals surface area contributed by atoms with E-state index >= 15 is 0 Å². The molecule has 3 aromatic rings. The van der Waals surface area contributed by atoms with Gasteiger partial charge in [0.1, 0.15) is 15.8 Å². The molecule has 0 radical (unpaired) electrons. The quantitative estimate of drug-likeness (QED) is 0.289. The Kier molecular flexibility index (Phi) is 6.75. The molecule has 176 valence electrons. The van der Waals surface area contributed by atoms with E-state index in [4.69, 9.17) is 17.0 Å². The van der Waals surface area contributed by atoms with Crippen molar-refractivity contribution in [3.05, 3.63) is 63.9 Å². The zero-order chi connectivity index (χ0) is 23.5. The minimum atomic E-state index is -0.243. The van der Waals surface area contributed by atoms with Gasteiger partial charge in [-0.05, 0) is 37.5 Å². The monoisotopic (exact) mass is 496 g/mol. The summed E-state index contributed by atoms with van der Waals surface area (Å²) < 4.78 is 9.63.